The summed E-state index contributed by atoms with van der Waals surface area (Å²) in [5.41, 5.74) is 2.48. The maximum Gasteiger partial charge on any atom is 0.182 e. The van der Waals surface area contributed by atoms with Crippen LogP contribution in [-0.4, -0.2) is 11.6 Å². The first kappa shape index (κ1) is 25.6. The molecule has 0 aromatic heterocycles. The summed E-state index contributed by atoms with van der Waals surface area (Å²) in [5.74, 6) is 2.45. The number of allylic oxidation sites excluding steroid dienone is 6. The van der Waals surface area contributed by atoms with Gasteiger partial charge in [-0.15, -0.1) is 0 Å². The third kappa shape index (κ3) is 11.4. The topological polar surface area (TPSA) is 34.1 Å². The first-order valence-electron chi connectivity index (χ1n) is 11.8. The van der Waals surface area contributed by atoms with E-state index >= 15 is 0 Å². The molecule has 1 rings (SSSR count). The zero-order chi connectivity index (χ0) is 21.8. The molecule has 0 fully saturated rings. The molecule has 1 aliphatic carbocycles. The molecule has 0 saturated heterocycles. The molecular weight excluding hydrogens is 356 g/mol. The van der Waals surface area contributed by atoms with Crippen molar-refractivity contribution in [3.8, 4) is 0 Å². The second-order valence-electron chi connectivity index (χ2n) is 9.84. The van der Waals surface area contributed by atoms with E-state index in [1.807, 2.05) is 0 Å². The van der Waals surface area contributed by atoms with Crippen molar-refractivity contribution in [3.05, 3.63) is 34.9 Å². The molecule has 29 heavy (non-hydrogen) atoms. The number of hydrogen-bond donors (Lipinski definition) is 0. The Hall–Kier alpha value is -1.44. The summed E-state index contributed by atoms with van der Waals surface area (Å²) in [6.45, 7) is 13.3. The van der Waals surface area contributed by atoms with Gasteiger partial charge in [-0.3, -0.25) is 9.59 Å². The quantitative estimate of drug-likeness (QED) is 0.220. The summed E-state index contributed by atoms with van der Waals surface area (Å²) in [6, 6.07) is 0. The predicted molar refractivity (Wildman–Crippen MR) is 125 cm³/mol. The van der Waals surface area contributed by atoms with Gasteiger partial charge in [0, 0.05) is 11.1 Å². The van der Waals surface area contributed by atoms with Crippen LogP contribution in [0.4, 0.5) is 0 Å². The van der Waals surface area contributed by atoms with Crippen LogP contribution in [0.3, 0.4) is 0 Å². The largest absolute Gasteiger partial charge is 0.290 e. The molecule has 2 nitrogen and oxygen atoms in total. The Kier molecular flexibility index (Phi) is 12.1. The fourth-order valence-electron chi connectivity index (χ4n) is 3.96. The van der Waals surface area contributed by atoms with Gasteiger partial charge in [0.05, 0.1) is 0 Å². The van der Waals surface area contributed by atoms with Crippen LogP contribution in [0.2, 0.25) is 0 Å². The zero-order valence-electron chi connectivity index (χ0n) is 19.9. The van der Waals surface area contributed by atoms with E-state index < -0.39 is 0 Å². The molecule has 0 radical (unpaired) electrons. The summed E-state index contributed by atoms with van der Waals surface area (Å²) in [7, 11) is 0. The molecule has 0 aromatic rings. The van der Waals surface area contributed by atoms with Crippen molar-refractivity contribution < 1.29 is 9.59 Å². The molecule has 0 spiro atoms. The maximum absolute atomic E-state index is 12.0. The highest BCUT2D eigenvalue weighted by atomic mass is 16.1. The highest BCUT2D eigenvalue weighted by molar-refractivity contribution is 6.19. The van der Waals surface area contributed by atoms with Gasteiger partial charge in [-0.05, 0) is 63.0 Å². The average Bonchev–Trinajstić information content (AvgIpc) is 2.63. The van der Waals surface area contributed by atoms with Crippen LogP contribution in [0.15, 0.2) is 34.9 Å². The molecule has 1 aliphatic rings. The highest BCUT2D eigenvalue weighted by Gasteiger charge is 2.16. The molecule has 0 aromatic carbocycles. The number of carbonyl (C=O) groups excluding carboxylic acids is 2. The van der Waals surface area contributed by atoms with Crippen LogP contribution in [-0.2, 0) is 9.59 Å². The van der Waals surface area contributed by atoms with Crippen LogP contribution in [0, 0.1) is 17.8 Å². The van der Waals surface area contributed by atoms with Crippen LogP contribution in [0.5, 0.6) is 0 Å². The van der Waals surface area contributed by atoms with E-state index in [0.29, 0.717) is 17.6 Å². The highest BCUT2D eigenvalue weighted by Crippen LogP contribution is 2.22. The number of rotatable bonds is 14. The first-order valence-corrected chi connectivity index (χ1v) is 11.8. The SMILES string of the molecule is CC(=CCC1=CC(=O)C(C)=CC1=O)CCC[C@H](C)CCC[C@H](C)CCCC(C)C. The molecule has 164 valence electrons. The second kappa shape index (κ2) is 13.7. The van der Waals surface area contributed by atoms with Gasteiger partial charge in [-0.25, -0.2) is 0 Å². The van der Waals surface area contributed by atoms with Crippen LogP contribution >= 0.6 is 0 Å². The molecule has 2 atom stereocenters. The molecular formula is C27H44O2. The normalized spacial score (nSPS) is 17.4. The lowest BCUT2D eigenvalue weighted by atomic mass is 9.91. The van der Waals surface area contributed by atoms with Crippen molar-refractivity contribution in [3.63, 3.8) is 0 Å². The Balaban J connectivity index is 2.18. The molecule has 0 aliphatic heterocycles. The summed E-state index contributed by atoms with van der Waals surface area (Å²) in [4.78, 5) is 23.7. The third-order valence-electron chi connectivity index (χ3n) is 6.17. The van der Waals surface area contributed by atoms with Crippen LogP contribution < -0.4 is 0 Å². The number of ketones is 2. The summed E-state index contributed by atoms with van der Waals surface area (Å²) < 4.78 is 0. The van der Waals surface area contributed by atoms with Gasteiger partial charge in [0.2, 0.25) is 0 Å². The average molecular weight is 401 g/mol. The van der Waals surface area contributed by atoms with Gasteiger partial charge >= 0.3 is 0 Å². The molecule has 0 saturated carbocycles. The summed E-state index contributed by atoms with van der Waals surface area (Å²) >= 11 is 0. The Bertz CT molecular complexity index is 618. The van der Waals surface area contributed by atoms with E-state index in [9.17, 15) is 9.59 Å². The van der Waals surface area contributed by atoms with E-state index in [0.717, 1.165) is 24.2 Å². The lowest BCUT2D eigenvalue weighted by molar-refractivity contribution is -0.115. The molecule has 0 unspecified atom stereocenters. The predicted octanol–water partition coefficient (Wildman–Crippen LogP) is 7.79. The van der Waals surface area contributed by atoms with E-state index in [1.54, 1.807) is 6.92 Å². The fraction of sp³-hybridized carbons (Fsp3) is 0.704. The van der Waals surface area contributed by atoms with Gasteiger partial charge in [0.25, 0.3) is 0 Å². The van der Waals surface area contributed by atoms with Crippen molar-refractivity contribution in [1.29, 1.82) is 0 Å². The Morgan fingerprint density at radius 2 is 1.38 bits per heavy atom. The molecule has 0 N–H and O–H groups in total. The van der Waals surface area contributed by atoms with E-state index in [-0.39, 0.29) is 11.6 Å². The first-order chi connectivity index (χ1) is 13.7. The lowest BCUT2D eigenvalue weighted by Gasteiger charge is -2.15. The van der Waals surface area contributed by atoms with E-state index in [1.165, 1.54) is 69.1 Å². The van der Waals surface area contributed by atoms with Crippen molar-refractivity contribution in [1.82, 2.24) is 0 Å². The molecule has 2 heteroatoms. The maximum atomic E-state index is 12.0. The van der Waals surface area contributed by atoms with E-state index in [4.69, 9.17) is 0 Å². The number of hydrogen-bond acceptors (Lipinski definition) is 2. The minimum Gasteiger partial charge on any atom is -0.290 e. The standard InChI is InChI=1S/C27H44O2/c1-20(2)10-7-11-21(3)12-8-13-22(4)14-9-15-23(5)16-17-25-19-26(28)24(6)18-27(25)29/h16,18-22H,7-15,17H2,1-6H3/t21-,22-/m1/s1. The van der Waals surface area contributed by atoms with E-state index in [2.05, 4.69) is 40.7 Å². The monoisotopic (exact) mass is 400 g/mol. The van der Waals surface area contributed by atoms with Crippen LogP contribution in [0.1, 0.15) is 106 Å². The van der Waals surface area contributed by atoms with Gasteiger partial charge in [-0.2, -0.15) is 0 Å². The van der Waals surface area contributed by atoms with Gasteiger partial charge < -0.3 is 0 Å². The fourth-order valence-corrected chi connectivity index (χ4v) is 3.96. The molecule has 0 bridgehead atoms. The minimum absolute atomic E-state index is 0.0155. The van der Waals surface area contributed by atoms with Gasteiger partial charge in [0.15, 0.2) is 11.6 Å². The zero-order valence-corrected chi connectivity index (χ0v) is 19.9. The van der Waals surface area contributed by atoms with Crippen molar-refractivity contribution in [2.24, 2.45) is 17.8 Å². The van der Waals surface area contributed by atoms with Gasteiger partial charge in [-0.1, -0.05) is 84.3 Å². The summed E-state index contributed by atoms with van der Waals surface area (Å²) in [6.07, 6.45) is 17.4. The van der Waals surface area contributed by atoms with Crippen molar-refractivity contribution in [2.75, 3.05) is 0 Å². The summed E-state index contributed by atoms with van der Waals surface area (Å²) in [5, 5.41) is 0. The molecule has 0 amide bonds. The Morgan fingerprint density at radius 3 is 1.97 bits per heavy atom. The second-order valence-corrected chi connectivity index (χ2v) is 9.84. The Morgan fingerprint density at radius 1 is 0.828 bits per heavy atom. The lowest BCUT2D eigenvalue weighted by Crippen LogP contribution is -2.11. The van der Waals surface area contributed by atoms with Crippen molar-refractivity contribution >= 4 is 11.6 Å². The molecule has 0 heterocycles. The van der Waals surface area contributed by atoms with Crippen LogP contribution in [0.25, 0.3) is 0 Å². The minimum atomic E-state index is -0.0336. The Labute approximate surface area is 179 Å². The van der Waals surface area contributed by atoms with Gasteiger partial charge in [0.1, 0.15) is 0 Å². The smallest absolute Gasteiger partial charge is 0.182 e. The third-order valence-corrected chi connectivity index (χ3v) is 6.17. The number of carbonyl (C=O) groups is 2. The van der Waals surface area contributed by atoms with Crippen molar-refractivity contribution in [2.45, 2.75) is 106 Å².